The first-order chi connectivity index (χ1) is 18.7. The van der Waals surface area contributed by atoms with Crippen LogP contribution in [0.4, 0.5) is 6.01 Å². The number of carbonyl (C=O) groups is 3. The van der Waals surface area contributed by atoms with Crippen LogP contribution in [0.3, 0.4) is 0 Å². The van der Waals surface area contributed by atoms with E-state index >= 15 is 0 Å². The zero-order chi connectivity index (χ0) is 27.6. The van der Waals surface area contributed by atoms with Crippen molar-refractivity contribution < 1.29 is 23.5 Å². The van der Waals surface area contributed by atoms with Crippen LogP contribution in [-0.4, -0.2) is 65.2 Å². The number of imide groups is 1. The fraction of sp³-hybridized carbons (Fsp3) is 0.607. The Labute approximate surface area is 230 Å². The van der Waals surface area contributed by atoms with Crippen LogP contribution in [0.25, 0.3) is 0 Å². The van der Waals surface area contributed by atoms with Gasteiger partial charge in [0.05, 0.1) is 0 Å². The van der Waals surface area contributed by atoms with Gasteiger partial charge in [0.1, 0.15) is 12.8 Å². The van der Waals surface area contributed by atoms with E-state index in [1.54, 1.807) is 4.90 Å². The quantitative estimate of drug-likeness (QED) is 0.259. The minimum Gasteiger partial charge on any atom is -0.408 e. The minimum absolute atomic E-state index is 0.0540. The van der Waals surface area contributed by atoms with E-state index < -0.39 is 14.1 Å². The molecule has 1 atom stereocenters. The van der Waals surface area contributed by atoms with Crippen molar-refractivity contribution in [1.82, 2.24) is 20.0 Å². The van der Waals surface area contributed by atoms with Crippen molar-refractivity contribution >= 4 is 31.8 Å². The molecule has 3 amide bonds. The molecule has 1 unspecified atom stereocenters. The van der Waals surface area contributed by atoms with Gasteiger partial charge in [0, 0.05) is 45.7 Å². The molecule has 2 fully saturated rings. The Kier molecular flexibility index (Phi) is 8.18. The Morgan fingerprint density at radius 2 is 1.87 bits per heavy atom. The zero-order valence-corrected chi connectivity index (χ0v) is 24.2. The number of amides is 3. The van der Waals surface area contributed by atoms with E-state index in [1.807, 2.05) is 18.2 Å². The largest absolute Gasteiger partial charge is 0.408 e. The van der Waals surface area contributed by atoms with Crippen molar-refractivity contribution in [2.24, 2.45) is 0 Å². The lowest BCUT2D eigenvalue weighted by molar-refractivity contribution is -0.158. The fourth-order valence-corrected chi connectivity index (χ4v) is 6.27. The molecule has 0 radical (unpaired) electrons. The molecule has 3 heterocycles. The molecular formula is C28H39N5O5Si. The van der Waals surface area contributed by atoms with Gasteiger partial charge in [-0.3, -0.25) is 19.3 Å². The number of anilines is 1. The highest BCUT2D eigenvalue weighted by Gasteiger charge is 2.42. The molecule has 1 aliphatic carbocycles. The standard InChI is InChI=1S/C28H39N5O5Si/c1-39(2,3)14-13-37-18-33-24(34)12-11-23(27(33)36)32-17-21-10-9-19(15-22(21)26(32)35)16-29-28-31-30-25(38-28)20-7-5-4-6-8-20/h9-10,15,20,23H,4-8,11-14,16-18H2,1-3H3,(H,29,31). The summed E-state index contributed by atoms with van der Waals surface area (Å²) in [5.41, 5.74) is 2.37. The zero-order valence-electron chi connectivity index (χ0n) is 23.2. The van der Waals surface area contributed by atoms with Gasteiger partial charge in [-0.1, -0.05) is 56.1 Å². The number of benzene rings is 1. The van der Waals surface area contributed by atoms with E-state index in [9.17, 15) is 14.4 Å². The van der Waals surface area contributed by atoms with Crippen LogP contribution in [0.1, 0.15) is 78.2 Å². The normalized spacial score (nSPS) is 20.6. The van der Waals surface area contributed by atoms with E-state index in [0.717, 1.165) is 30.0 Å². The first kappa shape index (κ1) is 27.5. The van der Waals surface area contributed by atoms with Crippen LogP contribution in [-0.2, 0) is 27.4 Å². The van der Waals surface area contributed by atoms with Gasteiger partial charge < -0.3 is 19.4 Å². The average molecular weight is 554 g/mol. The Morgan fingerprint density at radius 1 is 1.08 bits per heavy atom. The number of ether oxygens (including phenoxy) is 1. The molecular weight excluding hydrogens is 514 g/mol. The van der Waals surface area contributed by atoms with Gasteiger partial charge in [-0.2, -0.15) is 0 Å². The van der Waals surface area contributed by atoms with Crippen LogP contribution in [0, 0.1) is 0 Å². The molecule has 2 aromatic rings. The van der Waals surface area contributed by atoms with Crippen molar-refractivity contribution in [2.45, 2.75) is 95.7 Å². The number of likely N-dealkylation sites (tertiary alicyclic amines) is 1. The lowest BCUT2D eigenvalue weighted by Gasteiger charge is -2.35. The first-order valence-electron chi connectivity index (χ1n) is 14.1. The predicted octanol–water partition coefficient (Wildman–Crippen LogP) is 4.52. The maximum absolute atomic E-state index is 13.4. The smallest absolute Gasteiger partial charge is 0.315 e. The SMILES string of the molecule is C[Si](C)(C)CCOCN1C(=O)CCC(N2Cc3ccc(CNc4nnc(C5CCCCC5)o4)cc3C2=O)C1=O. The second-order valence-electron chi connectivity index (χ2n) is 12.1. The second-order valence-corrected chi connectivity index (χ2v) is 17.7. The Morgan fingerprint density at radius 3 is 2.64 bits per heavy atom. The lowest BCUT2D eigenvalue weighted by Crippen LogP contribution is -2.55. The first-order valence-corrected chi connectivity index (χ1v) is 17.8. The molecule has 210 valence electrons. The molecule has 0 bridgehead atoms. The van der Waals surface area contributed by atoms with Gasteiger partial charge in [0.15, 0.2) is 0 Å². The summed E-state index contributed by atoms with van der Waals surface area (Å²) in [7, 11) is -1.28. The predicted molar refractivity (Wildman–Crippen MR) is 148 cm³/mol. The van der Waals surface area contributed by atoms with E-state index in [4.69, 9.17) is 9.15 Å². The second kappa shape index (κ2) is 11.6. The van der Waals surface area contributed by atoms with Crippen LogP contribution in [0.15, 0.2) is 22.6 Å². The minimum atomic E-state index is -1.28. The highest BCUT2D eigenvalue weighted by Crippen LogP contribution is 2.33. The van der Waals surface area contributed by atoms with Crippen molar-refractivity contribution in [3.8, 4) is 0 Å². The summed E-state index contributed by atoms with van der Waals surface area (Å²) in [5.74, 6) is 0.261. The van der Waals surface area contributed by atoms with Crippen LogP contribution in [0.2, 0.25) is 25.7 Å². The maximum atomic E-state index is 13.4. The molecule has 10 nitrogen and oxygen atoms in total. The molecule has 11 heteroatoms. The third-order valence-corrected chi connectivity index (χ3v) is 9.63. The van der Waals surface area contributed by atoms with Crippen LogP contribution in [0.5, 0.6) is 0 Å². The number of nitrogens with zero attached hydrogens (tertiary/aromatic N) is 4. The van der Waals surface area contributed by atoms with Crippen molar-refractivity contribution in [2.75, 3.05) is 18.7 Å². The average Bonchev–Trinajstić information content (AvgIpc) is 3.52. The van der Waals surface area contributed by atoms with E-state index in [-0.39, 0.29) is 30.9 Å². The molecule has 2 aliphatic heterocycles. The topological polar surface area (TPSA) is 118 Å². The van der Waals surface area contributed by atoms with Crippen LogP contribution < -0.4 is 5.32 Å². The lowest BCUT2D eigenvalue weighted by atomic mass is 9.89. The summed E-state index contributed by atoms with van der Waals surface area (Å²) >= 11 is 0. The van der Waals surface area contributed by atoms with E-state index in [2.05, 4.69) is 35.2 Å². The molecule has 1 N–H and O–H groups in total. The summed E-state index contributed by atoms with van der Waals surface area (Å²) < 4.78 is 11.5. The Balaban J connectivity index is 1.18. The molecule has 1 aromatic carbocycles. The van der Waals surface area contributed by atoms with Gasteiger partial charge in [-0.25, -0.2) is 0 Å². The summed E-state index contributed by atoms with van der Waals surface area (Å²) in [6, 6.07) is 6.43. The van der Waals surface area contributed by atoms with Crippen molar-refractivity contribution in [3.05, 3.63) is 40.8 Å². The number of hydrogen-bond acceptors (Lipinski definition) is 8. The highest BCUT2D eigenvalue weighted by molar-refractivity contribution is 6.76. The number of carbonyl (C=O) groups excluding carboxylic acids is 3. The highest BCUT2D eigenvalue weighted by atomic mass is 28.3. The van der Waals surface area contributed by atoms with Gasteiger partial charge in [-0.05, 0) is 42.5 Å². The fourth-order valence-electron chi connectivity index (χ4n) is 5.51. The van der Waals surface area contributed by atoms with Crippen molar-refractivity contribution in [3.63, 3.8) is 0 Å². The number of rotatable bonds is 10. The number of fused-ring (bicyclic) bond motifs is 1. The number of piperidine rings is 1. The molecule has 5 rings (SSSR count). The number of nitrogens with one attached hydrogen (secondary N) is 1. The Bertz CT molecular complexity index is 1220. The molecule has 1 aromatic heterocycles. The van der Waals surface area contributed by atoms with E-state index in [1.165, 1.54) is 24.2 Å². The number of aromatic nitrogens is 2. The van der Waals surface area contributed by atoms with Gasteiger partial charge in [0.25, 0.3) is 11.8 Å². The maximum Gasteiger partial charge on any atom is 0.315 e. The molecule has 1 saturated carbocycles. The third-order valence-electron chi connectivity index (χ3n) is 7.92. The van der Waals surface area contributed by atoms with Gasteiger partial charge in [0.2, 0.25) is 11.8 Å². The summed E-state index contributed by atoms with van der Waals surface area (Å²) in [5, 5.41) is 11.6. The van der Waals surface area contributed by atoms with E-state index in [0.29, 0.717) is 49.5 Å². The molecule has 39 heavy (non-hydrogen) atoms. The third kappa shape index (κ3) is 6.41. The number of hydrogen-bond donors (Lipinski definition) is 1. The monoisotopic (exact) mass is 553 g/mol. The van der Waals surface area contributed by atoms with Crippen LogP contribution >= 0.6 is 0 Å². The summed E-state index contributed by atoms with van der Waals surface area (Å²) in [6.45, 7) is 8.01. The molecule has 3 aliphatic rings. The van der Waals surface area contributed by atoms with Gasteiger partial charge >= 0.3 is 6.01 Å². The van der Waals surface area contributed by atoms with Crippen molar-refractivity contribution in [1.29, 1.82) is 0 Å². The molecule has 0 spiro atoms. The molecule has 1 saturated heterocycles. The summed E-state index contributed by atoms with van der Waals surface area (Å²) in [4.78, 5) is 41.9. The Hall–Kier alpha value is -3.05. The van der Waals surface area contributed by atoms with Gasteiger partial charge in [-0.15, -0.1) is 5.10 Å². The summed E-state index contributed by atoms with van der Waals surface area (Å²) in [6.07, 6.45) is 6.39.